The van der Waals surface area contributed by atoms with Gasteiger partial charge in [0.1, 0.15) is 6.10 Å². The molecule has 1 aliphatic rings. The first-order valence-electron chi connectivity index (χ1n) is 7.35. The minimum atomic E-state index is -0.545. The van der Waals surface area contributed by atoms with Crippen molar-refractivity contribution in [1.29, 1.82) is 0 Å². The van der Waals surface area contributed by atoms with Crippen LogP contribution in [0.5, 0.6) is 0 Å². The zero-order valence-corrected chi connectivity index (χ0v) is 13.6. The molecule has 21 heavy (non-hydrogen) atoms. The van der Waals surface area contributed by atoms with E-state index in [2.05, 4.69) is 5.32 Å². The number of halogens is 1. The minimum Gasteiger partial charge on any atom is -0.370 e. The fourth-order valence-corrected chi connectivity index (χ4v) is 2.75. The lowest BCUT2D eigenvalue weighted by atomic mass is 10.0. The van der Waals surface area contributed by atoms with Crippen molar-refractivity contribution in [3.8, 4) is 0 Å². The number of benzene rings is 1. The van der Waals surface area contributed by atoms with E-state index in [0.717, 1.165) is 12.1 Å². The van der Waals surface area contributed by atoms with Gasteiger partial charge in [0, 0.05) is 11.6 Å². The topological polar surface area (TPSA) is 41.6 Å². The monoisotopic (exact) mass is 310 g/mol. The highest BCUT2D eigenvalue weighted by Gasteiger charge is 2.34. The first-order chi connectivity index (χ1) is 9.94. The second-order valence-corrected chi connectivity index (χ2v) is 6.25. The summed E-state index contributed by atoms with van der Waals surface area (Å²) < 4.78 is 5.80. The second-order valence-electron chi connectivity index (χ2n) is 5.82. The van der Waals surface area contributed by atoms with Crippen LogP contribution in [0.3, 0.4) is 0 Å². The molecule has 0 saturated carbocycles. The molecule has 0 bridgehead atoms. The Kier molecular flexibility index (Phi) is 5.25. The summed E-state index contributed by atoms with van der Waals surface area (Å²) in [5, 5.41) is 3.94. The molecule has 0 radical (unpaired) electrons. The molecule has 1 saturated heterocycles. The van der Waals surface area contributed by atoms with Crippen LogP contribution in [-0.2, 0) is 9.53 Å². The molecule has 4 nitrogen and oxygen atoms in total. The van der Waals surface area contributed by atoms with Gasteiger partial charge in [-0.25, -0.2) is 0 Å². The maximum absolute atomic E-state index is 12.6. The molecule has 1 fully saturated rings. The molecule has 1 aromatic rings. The molecule has 0 aromatic heterocycles. The van der Waals surface area contributed by atoms with E-state index in [0.29, 0.717) is 24.7 Å². The Labute approximate surface area is 131 Å². The number of morpholine rings is 1. The minimum absolute atomic E-state index is 0.0857. The SMILES string of the molecule is CCNC(C)(C)C(=O)N1CCOC(c2ccc(Cl)cc2)C1. The summed E-state index contributed by atoms with van der Waals surface area (Å²) in [6.07, 6.45) is -0.0857. The Morgan fingerprint density at radius 3 is 2.71 bits per heavy atom. The number of amides is 1. The lowest BCUT2D eigenvalue weighted by Gasteiger charge is -2.38. The van der Waals surface area contributed by atoms with E-state index in [4.69, 9.17) is 16.3 Å². The van der Waals surface area contributed by atoms with Crippen LogP contribution in [0.1, 0.15) is 32.4 Å². The molecular weight excluding hydrogens is 288 g/mol. The van der Waals surface area contributed by atoms with Gasteiger partial charge in [-0.15, -0.1) is 0 Å². The highest BCUT2D eigenvalue weighted by molar-refractivity contribution is 6.30. The van der Waals surface area contributed by atoms with Crippen LogP contribution in [0.15, 0.2) is 24.3 Å². The van der Waals surface area contributed by atoms with Crippen LogP contribution in [0.2, 0.25) is 5.02 Å². The van der Waals surface area contributed by atoms with Crippen LogP contribution in [-0.4, -0.2) is 42.6 Å². The summed E-state index contributed by atoms with van der Waals surface area (Å²) >= 11 is 5.91. The second kappa shape index (κ2) is 6.77. The van der Waals surface area contributed by atoms with E-state index >= 15 is 0 Å². The van der Waals surface area contributed by atoms with Crippen LogP contribution < -0.4 is 5.32 Å². The maximum Gasteiger partial charge on any atom is 0.242 e. The van der Waals surface area contributed by atoms with Crippen molar-refractivity contribution in [2.75, 3.05) is 26.2 Å². The average Bonchev–Trinajstić information content (AvgIpc) is 2.47. The predicted octanol–water partition coefficient (Wildman–Crippen LogP) is 2.63. The van der Waals surface area contributed by atoms with Crippen LogP contribution in [0.25, 0.3) is 0 Å². The first-order valence-corrected chi connectivity index (χ1v) is 7.73. The van der Waals surface area contributed by atoms with E-state index < -0.39 is 5.54 Å². The van der Waals surface area contributed by atoms with E-state index in [1.54, 1.807) is 0 Å². The number of ether oxygens (including phenoxy) is 1. The van der Waals surface area contributed by atoms with E-state index in [9.17, 15) is 4.79 Å². The predicted molar refractivity (Wildman–Crippen MR) is 84.5 cm³/mol. The Hall–Kier alpha value is -1.10. The van der Waals surface area contributed by atoms with Gasteiger partial charge in [0.25, 0.3) is 0 Å². The summed E-state index contributed by atoms with van der Waals surface area (Å²) in [5.41, 5.74) is 0.509. The zero-order valence-electron chi connectivity index (χ0n) is 12.9. The van der Waals surface area contributed by atoms with Gasteiger partial charge in [-0.05, 0) is 38.1 Å². The lowest BCUT2D eigenvalue weighted by molar-refractivity contribution is -0.144. The highest BCUT2D eigenvalue weighted by Crippen LogP contribution is 2.25. The summed E-state index contributed by atoms with van der Waals surface area (Å²) in [5.74, 6) is 0.117. The number of hydrogen-bond acceptors (Lipinski definition) is 3. The molecule has 1 aromatic carbocycles. The summed E-state index contributed by atoms with van der Waals surface area (Å²) in [4.78, 5) is 14.5. The van der Waals surface area contributed by atoms with Gasteiger partial charge in [-0.3, -0.25) is 4.79 Å². The van der Waals surface area contributed by atoms with Crippen LogP contribution in [0.4, 0.5) is 0 Å². The van der Waals surface area contributed by atoms with Gasteiger partial charge in [0.05, 0.1) is 18.7 Å². The highest BCUT2D eigenvalue weighted by atomic mass is 35.5. The van der Waals surface area contributed by atoms with Crippen molar-refractivity contribution in [3.63, 3.8) is 0 Å². The van der Waals surface area contributed by atoms with Crippen molar-refractivity contribution in [3.05, 3.63) is 34.9 Å². The van der Waals surface area contributed by atoms with Gasteiger partial charge < -0.3 is 15.0 Å². The van der Waals surface area contributed by atoms with E-state index in [-0.39, 0.29) is 12.0 Å². The van der Waals surface area contributed by atoms with Gasteiger partial charge in [-0.2, -0.15) is 0 Å². The molecule has 1 N–H and O–H groups in total. The van der Waals surface area contributed by atoms with Crippen LogP contribution >= 0.6 is 11.6 Å². The third-order valence-electron chi connectivity index (χ3n) is 3.75. The van der Waals surface area contributed by atoms with Crippen LogP contribution in [0, 0.1) is 0 Å². The zero-order chi connectivity index (χ0) is 15.5. The van der Waals surface area contributed by atoms with Crippen molar-refractivity contribution in [2.45, 2.75) is 32.4 Å². The van der Waals surface area contributed by atoms with Gasteiger partial charge in [0.2, 0.25) is 5.91 Å². The molecule has 2 rings (SSSR count). The number of hydrogen-bond donors (Lipinski definition) is 1. The first kappa shape index (κ1) is 16.3. The number of carbonyl (C=O) groups is 1. The standard InChI is InChI=1S/C16H23ClN2O2/c1-4-18-16(2,3)15(20)19-9-10-21-14(11-19)12-5-7-13(17)8-6-12/h5-8,14,18H,4,9-11H2,1-3H3. The summed E-state index contributed by atoms with van der Waals surface area (Å²) in [6, 6.07) is 7.61. The summed E-state index contributed by atoms with van der Waals surface area (Å²) in [7, 11) is 0. The Morgan fingerprint density at radius 1 is 1.43 bits per heavy atom. The van der Waals surface area contributed by atoms with Crippen molar-refractivity contribution in [2.24, 2.45) is 0 Å². The fraction of sp³-hybridized carbons (Fsp3) is 0.562. The third kappa shape index (κ3) is 3.96. The fourth-order valence-electron chi connectivity index (χ4n) is 2.63. The maximum atomic E-state index is 12.6. The number of nitrogens with one attached hydrogen (secondary N) is 1. The van der Waals surface area contributed by atoms with Gasteiger partial charge >= 0.3 is 0 Å². The molecule has 0 aliphatic carbocycles. The van der Waals surface area contributed by atoms with E-state index in [1.807, 2.05) is 49.9 Å². The molecule has 5 heteroatoms. The molecule has 1 aliphatic heterocycles. The Morgan fingerprint density at radius 2 is 2.10 bits per heavy atom. The number of carbonyl (C=O) groups excluding carboxylic acids is 1. The molecule has 116 valence electrons. The smallest absolute Gasteiger partial charge is 0.242 e. The van der Waals surface area contributed by atoms with Crippen molar-refractivity contribution >= 4 is 17.5 Å². The lowest BCUT2D eigenvalue weighted by Crippen LogP contribution is -2.56. The molecule has 1 amide bonds. The summed E-state index contributed by atoms with van der Waals surface area (Å²) in [6.45, 7) is 8.39. The molecule has 1 heterocycles. The third-order valence-corrected chi connectivity index (χ3v) is 4.00. The van der Waals surface area contributed by atoms with E-state index in [1.165, 1.54) is 0 Å². The average molecular weight is 311 g/mol. The largest absolute Gasteiger partial charge is 0.370 e. The Balaban J connectivity index is 2.07. The Bertz CT molecular complexity index is 488. The number of nitrogens with zero attached hydrogens (tertiary/aromatic N) is 1. The van der Waals surface area contributed by atoms with Gasteiger partial charge in [-0.1, -0.05) is 30.7 Å². The normalized spacial score (nSPS) is 19.6. The quantitative estimate of drug-likeness (QED) is 0.929. The number of likely N-dealkylation sites (N-methyl/N-ethyl adjacent to an activating group) is 1. The number of rotatable bonds is 4. The van der Waals surface area contributed by atoms with Gasteiger partial charge in [0.15, 0.2) is 0 Å². The molecule has 1 atom stereocenters. The molecule has 1 unspecified atom stereocenters. The molecule has 0 spiro atoms. The molecular formula is C16H23ClN2O2. The van der Waals surface area contributed by atoms with Crippen molar-refractivity contribution in [1.82, 2.24) is 10.2 Å². The van der Waals surface area contributed by atoms with Crippen molar-refractivity contribution < 1.29 is 9.53 Å².